The van der Waals surface area contributed by atoms with E-state index in [1.54, 1.807) is 0 Å². The topological polar surface area (TPSA) is 83.7 Å². The Balaban J connectivity index is 1.61. The van der Waals surface area contributed by atoms with E-state index >= 15 is 0 Å². The third-order valence-corrected chi connectivity index (χ3v) is 5.58. The third kappa shape index (κ3) is 2.98. The number of nitrogens with zero attached hydrogens (tertiary/aromatic N) is 3. The second kappa shape index (κ2) is 6.70. The van der Waals surface area contributed by atoms with Crippen LogP contribution < -0.4 is 5.32 Å². The van der Waals surface area contributed by atoms with Gasteiger partial charge in [0.05, 0.1) is 16.5 Å². The molecular weight excluding hydrogens is 450 g/mol. The van der Waals surface area contributed by atoms with Gasteiger partial charge in [-0.2, -0.15) is 0 Å². The number of anilines is 1. The summed E-state index contributed by atoms with van der Waals surface area (Å²) in [6, 6.07) is 3.68. The average Bonchev–Trinajstić information content (AvgIpc) is 3.49. The largest absolute Gasteiger partial charge is 0.307 e. The molecule has 0 bridgehead atoms. The minimum Gasteiger partial charge on any atom is -0.307 e. The molecule has 2 aliphatic rings. The Labute approximate surface area is 171 Å². The van der Waals surface area contributed by atoms with E-state index in [2.05, 4.69) is 31.1 Å². The third-order valence-electron chi connectivity index (χ3n) is 4.97. The highest BCUT2D eigenvalue weighted by molar-refractivity contribution is 9.10. The van der Waals surface area contributed by atoms with Crippen molar-refractivity contribution in [1.29, 1.82) is 0 Å². The van der Waals surface area contributed by atoms with Crippen molar-refractivity contribution >= 4 is 45.2 Å². The Morgan fingerprint density at radius 2 is 2.07 bits per heavy atom. The van der Waals surface area contributed by atoms with Crippen molar-refractivity contribution in [2.24, 2.45) is 0 Å². The Kier molecular flexibility index (Phi) is 4.42. The minimum atomic E-state index is -1.15. The highest BCUT2D eigenvalue weighted by Crippen LogP contribution is 2.54. The molecule has 1 aliphatic carbocycles. The molecule has 1 aromatic heterocycles. The molecule has 1 fully saturated rings. The van der Waals surface area contributed by atoms with Crippen molar-refractivity contribution in [2.75, 3.05) is 11.9 Å². The predicted octanol–water partition coefficient (Wildman–Crippen LogP) is 3.33. The van der Waals surface area contributed by atoms with Gasteiger partial charge in [0.15, 0.2) is 11.6 Å². The lowest BCUT2D eigenvalue weighted by Crippen LogP contribution is -2.51. The Morgan fingerprint density at radius 1 is 1.34 bits per heavy atom. The van der Waals surface area contributed by atoms with Gasteiger partial charge in [-0.05, 0) is 47.0 Å². The zero-order valence-corrected chi connectivity index (χ0v) is 16.2. The van der Waals surface area contributed by atoms with Gasteiger partial charge in [0.1, 0.15) is 12.4 Å². The van der Waals surface area contributed by atoms with E-state index < -0.39 is 47.1 Å². The number of hydrogen-bond acceptors (Lipinski definition) is 4. The van der Waals surface area contributed by atoms with Crippen LogP contribution in [0.15, 0.2) is 28.9 Å². The molecular formula is C19H11BrF2N4O3. The number of fused-ring (bicyclic) bond motifs is 2. The molecule has 0 atom stereocenters. The molecule has 1 aromatic carbocycles. The first-order valence-corrected chi connectivity index (χ1v) is 9.25. The van der Waals surface area contributed by atoms with E-state index in [0.29, 0.717) is 12.8 Å². The fraction of sp³-hybridized carbons (Fsp3) is 0.211. The maximum Gasteiger partial charge on any atom is 0.261 e. The molecule has 10 heteroatoms. The van der Waals surface area contributed by atoms with Gasteiger partial charge in [-0.25, -0.2) is 18.6 Å². The van der Waals surface area contributed by atoms with Gasteiger partial charge in [0.25, 0.3) is 5.91 Å². The lowest BCUT2D eigenvalue weighted by molar-refractivity contribution is -0.135. The van der Waals surface area contributed by atoms with Gasteiger partial charge >= 0.3 is 0 Å². The molecule has 0 unspecified atom stereocenters. The van der Waals surface area contributed by atoms with E-state index in [1.807, 2.05) is 0 Å². The lowest BCUT2D eigenvalue weighted by Gasteiger charge is -2.32. The number of carbonyl (C=O) groups excluding carboxylic acids is 3. The number of nitrogens with one attached hydrogen (secondary N) is 1. The summed E-state index contributed by atoms with van der Waals surface area (Å²) in [6.45, 7) is 6.15. The maximum atomic E-state index is 14.6. The molecule has 146 valence electrons. The van der Waals surface area contributed by atoms with Crippen LogP contribution in [0.4, 0.5) is 20.3 Å². The summed E-state index contributed by atoms with van der Waals surface area (Å²) in [4.78, 5) is 45.4. The van der Waals surface area contributed by atoms with Crippen molar-refractivity contribution in [1.82, 2.24) is 9.88 Å². The molecule has 4 rings (SSSR count). The van der Waals surface area contributed by atoms with Crippen LogP contribution in [0, 0.1) is 18.2 Å². The maximum absolute atomic E-state index is 14.6. The van der Waals surface area contributed by atoms with Crippen molar-refractivity contribution in [3.8, 4) is 0 Å². The van der Waals surface area contributed by atoms with Crippen molar-refractivity contribution in [3.63, 3.8) is 0 Å². The van der Waals surface area contributed by atoms with Gasteiger partial charge in [0.2, 0.25) is 17.5 Å². The number of pyridine rings is 1. The van der Waals surface area contributed by atoms with Crippen LogP contribution in [-0.4, -0.2) is 34.2 Å². The number of benzene rings is 1. The predicted molar refractivity (Wildman–Crippen MR) is 100 cm³/mol. The Bertz CT molecular complexity index is 1140. The molecule has 2 heterocycles. The molecule has 1 aliphatic heterocycles. The van der Waals surface area contributed by atoms with Crippen LogP contribution in [0.3, 0.4) is 0 Å². The molecule has 29 heavy (non-hydrogen) atoms. The average molecular weight is 461 g/mol. The molecule has 0 saturated heterocycles. The van der Waals surface area contributed by atoms with Crippen LogP contribution in [-0.2, 0) is 15.0 Å². The normalized spacial score (nSPS) is 16.4. The van der Waals surface area contributed by atoms with Crippen molar-refractivity contribution in [2.45, 2.75) is 18.3 Å². The summed E-state index contributed by atoms with van der Waals surface area (Å²) < 4.78 is 28.7. The summed E-state index contributed by atoms with van der Waals surface area (Å²) in [7, 11) is 0. The molecule has 2 aromatic rings. The molecule has 3 amide bonds. The molecule has 1 spiro atoms. The molecule has 0 radical (unpaired) electrons. The number of aromatic nitrogens is 1. The van der Waals surface area contributed by atoms with E-state index in [1.165, 1.54) is 12.1 Å². The summed E-state index contributed by atoms with van der Waals surface area (Å²) in [5, 5.41) is 2.19. The molecule has 1 saturated carbocycles. The Morgan fingerprint density at radius 3 is 2.69 bits per heavy atom. The summed E-state index contributed by atoms with van der Waals surface area (Å²) in [6.07, 6.45) is 1.82. The number of imide groups is 1. The zero-order valence-electron chi connectivity index (χ0n) is 14.6. The van der Waals surface area contributed by atoms with Gasteiger partial charge in [-0.15, -0.1) is 0 Å². The van der Waals surface area contributed by atoms with Crippen LogP contribution in [0.5, 0.6) is 0 Å². The van der Waals surface area contributed by atoms with Crippen LogP contribution >= 0.6 is 15.9 Å². The fourth-order valence-electron chi connectivity index (χ4n) is 3.43. The zero-order chi connectivity index (χ0) is 20.9. The van der Waals surface area contributed by atoms with E-state index in [-0.39, 0.29) is 21.3 Å². The number of rotatable bonds is 3. The first-order valence-electron chi connectivity index (χ1n) is 8.46. The minimum absolute atomic E-state index is 0.0290. The van der Waals surface area contributed by atoms with Crippen molar-refractivity contribution in [3.05, 3.63) is 63.0 Å². The fourth-order valence-corrected chi connectivity index (χ4v) is 3.76. The highest BCUT2D eigenvalue weighted by Gasteiger charge is 2.60. The number of carbonyl (C=O) groups is 3. The molecule has 7 nitrogen and oxygen atoms in total. The van der Waals surface area contributed by atoms with Crippen LogP contribution in [0.1, 0.15) is 28.8 Å². The van der Waals surface area contributed by atoms with Crippen molar-refractivity contribution < 1.29 is 23.2 Å². The number of hydrogen-bond donors (Lipinski definition) is 1. The number of amides is 3. The highest BCUT2D eigenvalue weighted by atomic mass is 79.9. The van der Waals surface area contributed by atoms with Crippen LogP contribution in [0.25, 0.3) is 4.85 Å². The summed E-state index contributed by atoms with van der Waals surface area (Å²) in [5.74, 6) is -4.28. The summed E-state index contributed by atoms with van der Waals surface area (Å²) >= 11 is 3.07. The number of halogens is 3. The van der Waals surface area contributed by atoms with Gasteiger partial charge < -0.3 is 5.32 Å². The lowest BCUT2D eigenvalue weighted by atomic mass is 9.85. The SMILES string of the molecule is [C-]#[N+]c1cnc(NC(=O)CN2C(=O)c3ccc(Br)c(F)c3C3(CC3)C2=O)c(F)c1. The van der Waals surface area contributed by atoms with Crippen LogP contribution in [0.2, 0.25) is 0 Å². The standard InChI is InChI=1S/C19H11BrF2N4O3/c1-23-9-6-12(21)16(24-7-9)25-13(27)8-26-17(28)10-2-3-11(20)15(22)14(10)19(4-5-19)18(26)29/h2-3,6-7H,4-5,8H2,(H,24,25,27). The van der Waals surface area contributed by atoms with E-state index in [9.17, 15) is 23.2 Å². The Hall–Kier alpha value is -3.19. The first-order chi connectivity index (χ1) is 13.8. The second-order valence-corrected chi connectivity index (χ2v) is 7.60. The monoisotopic (exact) mass is 460 g/mol. The summed E-state index contributed by atoms with van der Waals surface area (Å²) in [5.41, 5.74) is -1.11. The van der Waals surface area contributed by atoms with Gasteiger partial charge in [0, 0.05) is 17.3 Å². The smallest absolute Gasteiger partial charge is 0.261 e. The van der Waals surface area contributed by atoms with Gasteiger partial charge in [-0.1, -0.05) is 0 Å². The quantitative estimate of drug-likeness (QED) is 0.562. The second-order valence-electron chi connectivity index (χ2n) is 6.75. The molecule has 1 N–H and O–H groups in total. The van der Waals surface area contributed by atoms with E-state index in [0.717, 1.165) is 17.2 Å². The first kappa shape index (κ1) is 19.1. The van der Waals surface area contributed by atoms with E-state index in [4.69, 9.17) is 6.57 Å². The van der Waals surface area contributed by atoms with Gasteiger partial charge in [-0.3, -0.25) is 19.3 Å².